The summed E-state index contributed by atoms with van der Waals surface area (Å²) in [5.41, 5.74) is 2.00. The Morgan fingerprint density at radius 1 is 1.19 bits per heavy atom. The third kappa shape index (κ3) is 3.24. The van der Waals surface area contributed by atoms with Crippen LogP contribution >= 0.6 is 0 Å². The molecule has 1 fully saturated rings. The maximum Gasteiger partial charge on any atom is 0.127 e. The van der Waals surface area contributed by atoms with Gasteiger partial charge in [-0.3, -0.25) is 4.90 Å². The highest BCUT2D eigenvalue weighted by molar-refractivity contribution is 5.47. The van der Waals surface area contributed by atoms with Gasteiger partial charge >= 0.3 is 0 Å². The zero-order valence-corrected chi connectivity index (χ0v) is 12.3. The molecular formula is C18H20FN2. The molecule has 2 aromatic rings. The number of nitrogens with zero attached hydrogens (tertiary/aromatic N) is 2. The Labute approximate surface area is 125 Å². The summed E-state index contributed by atoms with van der Waals surface area (Å²) < 4.78 is 13.7. The van der Waals surface area contributed by atoms with Gasteiger partial charge in [-0.2, -0.15) is 0 Å². The Morgan fingerprint density at radius 2 is 2.05 bits per heavy atom. The number of hydrogen-bond donors (Lipinski definition) is 0. The van der Waals surface area contributed by atoms with Gasteiger partial charge < -0.3 is 4.90 Å². The van der Waals surface area contributed by atoms with Crippen LogP contribution < -0.4 is 4.90 Å². The van der Waals surface area contributed by atoms with Gasteiger partial charge in [0.1, 0.15) is 5.82 Å². The van der Waals surface area contributed by atoms with Crippen LogP contribution in [0.2, 0.25) is 0 Å². The zero-order valence-electron chi connectivity index (χ0n) is 12.3. The van der Waals surface area contributed by atoms with E-state index in [1.54, 1.807) is 6.07 Å². The highest BCUT2D eigenvalue weighted by Gasteiger charge is 2.24. The van der Waals surface area contributed by atoms with Crippen LogP contribution in [0.25, 0.3) is 0 Å². The average Bonchev–Trinajstić information content (AvgIpc) is 2.51. The second-order valence-electron chi connectivity index (χ2n) is 5.63. The van der Waals surface area contributed by atoms with Gasteiger partial charge in [0, 0.05) is 43.5 Å². The molecule has 0 amide bonds. The van der Waals surface area contributed by atoms with Gasteiger partial charge in [-0.15, -0.1) is 0 Å². The second kappa shape index (κ2) is 6.27. The molecule has 0 bridgehead atoms. The fourth-order valence-corrected chi connectivity index (χ4v) is 2.99. The highest BCUT2D eigenvalue weighted by atomic mass is 19.1. The monoisotopic (exact) mass is 283 g/mol. The summed E-state index contributed by atoms with van der Waals surface area (Å²) in [6.07, 6.45) is 0. The van der Waals surface area contributed by atoms with Crippen molar-refractivity contribution >= 4 is 5.69 Å². The van der Waals surface area contributed by atoms with Crippen molar-refractivity contribution in [2.75, 3.05) is 24.5 Å². The molecule has 1 atom stereocenters. The minimum atomic E-state index is -0.106. The Kier molecular flexibility index (Phi) is 4.20. The predicted molar refractivity (Wildman–Crippen MR) is 83.8 cm³/mol. The summed E-state index contributed by atoms with van der Waals surface area (Å²) in [4.78, 5) is 4.72. The van der Waals surface area contributed by atoms with E-state index in [1.165, 1.54) is 11.8 Å². The molecule has 0 N–H and O–H groups in total. The van der Waals surface area contributed by atoms with E-state index in [2.05, 4.69) is 28.9 Å². The van der Waals surface area contributed by atoms with Gasteiger partial charge in [0.25, 0.3) is 0 Å². The summed E-state index contributed by atoms with van der Waals surface area (Å²) >= 11 is 0. The van der Waals surface area contributed by atoms with Crippen molar-refractivity contribution in [1.29, 1.82) is 0 Å². The van der Waals surface area contributed by atoms with Gasteiger partial charge in [-0.05, 0) is 31.2 Å². The molecule has 109 valence electrons. The van der Waals surface area contributed by atoms with E-state index in [9.17, 15) is 4.39 Å². The maximum atomic E-state index is 13.7. The summed E-state index contributed by atoms with van der Waals surface area (Å²) in [5, 5.41) is 0. The first-order chi connectivity index (χ1) is 10.2. The highest BCUT2D eigenvalue weighted by Crippen LogP contribution is 2.21. The van der Waals surface area contributed by atoms with Crippen molar-refractivity contribution in [2.45, 2.75) is 19.5 Å². The number of rotatable bonds is 3. The molecule has 1 radical (unpaired) electrons. The van der Waals surface area contributed by atoms with Gasteiger partial charge in [0.05, 0.1) is 0 Å². The standard InChI is InChI=1S/C18H20FN2/c1-15-13-20(14-16-7-5-6-10-18(16)19)11-12-21(15)17-8-3-2-4-9-17/h2-3,5-10,15H,11-14H2,1H3/t15-/m0/s1. The Bertz CT molecular complexity index is 585. The third-order valence-electron chi connectivity index (χ3n) is 4.09. The molecule has 0 aromatic heterocycles. The van der Waals surface area contributed by atoms with Gasteiger partial charge in [0.2, 0.25) is 0 Å². The van der Waals surface area contributed by atoms with Crippen molar-refractivity contribution in [3.05, 3.63) is 66.0 Å². The Morgan fingerprint density at radius 3 is 2.76 bits per heavy atom. The second-order valence-corrected chi connectivity index (χ2v) is 5.63. The fourth-order valence-electron chi connectivity index (χ4n) is 2.99. The van der Waals surface area contributed by atoms with Crippen LogP contribution in [0.4, 0.5) is 10.1 Å². The van der Waals surface area contributed by atoms with E-state index in [0.717, 1.165) is 25.2 Å². The number of piperazine rings is 1. The van der Waals surface area contributed by atoms with Crippen LogP contribution in [0.3, 0.4) is 0 Å². The molecule has 0 saturated carbocycles. The van der Waals surface area contributed by atoms with Crippen molar-refractivity contribution in [3.63, 3.8) is 0 Å². The van der Waals surface area contributed by atoms with Gasteiger partial charge in [0.15, 0.2) is 0 Å². The average molecular weight is 283 g/mol. The smallest absolute Gasteiger partial charge is 0.127 e. The van der Waals surface area contributed by atoms with Crippen molar-refractivity contribution in [3.8, 4) is 0 Å². The molecule has 1 saturated heterocycles. The predicted octanol–water partition coefficient (Wildman–Crippen LogP) is 3.34. The van der Waals surface area contributed by atoms with Crippen LogP contribution in [-0.4, -0.2) is 30.6 Å². The van der Waals surface area contributed by atoms with Crippen LogP contribution in [0.5, 0.6) is 0 Å². The van der Waals surface area contributed by atoms with E-state index in [-0.39, 0.29) is 5.82 Å². The van der Waals surface area contributed by atoms with E-state index in [0.29, 0.717) is 12.6 Å². The lowest BCUT2D eigenvalue weighted by atomic mass is 10.1. The lowest BCUT2D eigenvalue weighted by Crippen LogP contribution is -2.51. The Balaban J connectivity index is 1.65. The topological polar surface area (TPSA) is 6.48 Å². The minimum Gasteiger partial charge on any atom is -0.366 e. The number of hydrogen-bond acceptors (Lipinski definition) is 2. The molecule has 1 heterocycles. The van der Waals surface area contributed by atoms with Gasteiger partial charge in [-0.1, -0.05) is 30.3 Å². The Hall–Kier alpha value is -1.87. The first-order valence-corrected chi connectivity index (χ1v) is 7.42. The van der Waals surface area contributed by atoms with Crippen molar-refractivity contribution in [1.82, 2.24) is 4.90 Å². The SMILES string of the molecule is C[C@H]1CN(Cc2ccccc2F)CCN1c1c[c]ccc1. The van der Waals surface area contributed by atoms with E-state index >= 15 is 0 Å². The van der Waals surface area contributed by atoms with Crippen molar-refractivity contribution in [2.24, 2.45) is 0 Å². The maximum absolute atomic E-state index is 13.7. The number of halogens is 1. The summed E-state index contributed by atoms with van der Waals surface area (Å²) in [6.45, 7) is 5.77. The molecule has 0 aliphatic carbocycles. The van der Waals surface area contributed by atoms with Crippen molar-refractivity contribution < 1.29 is 4.39 Å². The third-order valence-corrected chi connectivity index (χ3v) is 4.09. The van der Waals surface area contributed by atoms with E-state index in [4.69, 9.17) is 0 Å². The molecule has 0 spiro atoms. The molecular weight excluding hydrogens is 263 g/mol. The molecule has 21 heavy (non-hydrogen) atoms. The number of benzene rings is 2. The summed E-state index contributed by atoms with van der Waals surface area (Å²) in [5.74, 6) is -0.106. The van der Waals surface area contributed by atoms with Gasteiger partial charge in [-0.25, -0.2) is 4.39 Å². The molecule has 3 heteroatoms. The molecule has 3 rings (SSSR count). The molecule has 2 nitrogen and oxygen atoms in total. The zero-order chi connectivity index (χ0) is 14.7. The van der Waals surface area contributed by atoms with Crippen LogP contribution in [-0.2, 0) is 6.54 Å². The van der Waals surface area contributed by atoms with Crippen LogP contribution in [0.1, 0.15) is 12.5 Å². The normalized spacial score (nSPS) is 19.7. The lowest BCUT2D eigenvalue weighted by molar-refractivity contribution is 0.218. The van der Waals surface area contributed by atoms with Crippen LogP contribution in [0, 0.1) is 11.9 Å². The summed E-state index contributed by atoms with van der Waals surface area (Å²) in [7, 11) is 0. The first kappa shape index (κ1) is 14.1. The number of anilines is 1. The molecule has 0 unspecified atom stereocenters. The minimum absolute atomic E-state index is 0.106. The lowest BCUT2D eigenvalue weighted by Gasteiger charge is -2.41. The largest absolute Gasteiger partial charge is 0.366 e. The van der Waals surface area contributed by atoms with E-state index in [1.807, 2.05) is 30.3 Å². The quantitative estimate of drug-likeness (QED) is 0.852. The van der Waals surface area contributed by atoms with E-state index < -0.39 is 0 Å². The fraction of sp³-hybridized carbons (Fsp3) is 0.333. The first-order valence-electron chi connectivity index (χ1n) is 7.42. The molecule has 1 aliphatic heterocycles. The molecule has 1 aliphatic rings. The van der Waals surface area contributed by atoms with Crippen LogP contribution in [0.15, 0.2) is 48.5 Å². The molecule has 2 aromatic carbocycles. The summed E-state index contributed by atoms with van der Waals surface area (Å²) in [6, 6.07) is 18.7.